The molecule has 1 aromatic carbocycles. The van der Waals surface area contributed by atoms with E-state index in [4.69, 9.17) is 9.47 Å². The van der Waals surface area contributed by atoms with E-state index in [1.807, 2.05) is 18.2 Å². The first-order valence-electron chi connectivity index (χ1n) is 7.86. The van der Waals surface area contributed by atoms with E-state index in [2.05, 4.69) is 10.5 Å². The van der Waals surface area contributed by atoms with Crippen molar-refractivity contribution in [2.75, 3.05) is 24.7 Å². The summed E-state index contributed by atoms with van der Waals surface area (Å²) in [7, 11) is -2.97. The van der Waals surface area contributed by atoms with Gasteiger partial charge in [0.1, 0.15) is 13.2 Å². The van der Waals surface area contributed by atoms with Gasteiger partial charge in [0.05, 0.1) is 17.2 Å². The molecule has 130 valence electrons. The quantitative estimate of drug-likeness (QED) is 0.647. The smallest absolute Gasteiger partial charge is 0.240 e. The fourth-order valence-electron chi connectivity index (χ4n) is 2.82. The minimum absolute atomic E-state index is 0.0886. The molecule has 2 aliphatic rings. The highest BCUT2D eigenvalue weighted by Crippen LogP contribution is 2.30. The molecule has 7 nitrogen and oxygen atoms in total. The van der Waals surface area contributed by atoms with Crippen LogP contribution in [0.1, 0.15) is 25.3 Å². The van der Waals surface area contributed by atoms with Crippen LogP contribution in [0.3, 0.4) is 0 Å². The van der Waals surface area contributed by atoms with E-state index in [9.17, 15) is 13.2 Å². The molecule has 0 spiro atoms. The standard InChI is InChI=1S/C16H20N2O5S/c1-11(13-2-3-14-15(9-13)23-6-5-22-14)17-18-16(19)8-12-4-7-24(20,21)10-12/h2-3,9,12H,4-8,10H2,1H3,(H,18,19)/b17-11-/t12-/m0/s1. The average Bonchev–Trinajstić information content (AvgIpc) is 2.90. The van der Waals surface area contributed by atoms with Crippen LogP contribution in [-0.4, -0.2) is 44.8 Å². The maximum atomic E-state index is 11.9. The number of nitrogens with one attached hydrogen (secondary N) is 1. The molecule has 0 bridgehead atoms. The molecular formula is C16H20N2O5S. The minimum Gasteiger partial charge on any atom is -0.486 e. The third kappa shape index (κ3) is 4.05. The van der Waals surface area contributed by atoms with E-state index in [-0.39, 0.29) is 29.8 Å². The maximum Gasteiger partial charge on any atom is 0.240 e. The number of nitrogens with zero attached hydrogens (tertiary/aromatic N) is 1. The van der Waals surface area contributed by atoms with E-state index < -0.39 is 9.84 Å². The Hall–Kier alpha value is -2.09. The highest BCUT2D eigenvalue weighted by atomic mass is 32.2. The fourth-order valence-corrected chi connectivity index (χ4v) is 4.68. The van der Waals surface area contributed by atoms with Gasteiger partial charge in [-0.3, -0.25) is 4.79 Å². The molecule has 2 aliphatic heterocycles. The lowest BCUT2D eigenvalue weighted by Crippen LogP contribution is -2.22. The van der Waals surface area contributed by atoms with Gasteiger partial charge in [-0.05, 0) is 37.5 Å². The summed E-state index contributed by atoms with van der Waals surface area (Å²) in [6, 6.07) is 5.49. The van der Waals surface area contributed by atoms with Crippen LogP contribution in [0, 0.1) is 5.92 Å². The van der Waals surface area contributed by atoms with Crippen LogP contribution >= 0.6 is 0 Å². The van der Waals surface area contributed by atoms with Gasteiger partial charge in [0.25, 0.3) is 0 Å². The Bertz CT molecular complexity index is 773. The number of carbonyl (C=O) groups excluding carboxylic acids is 1. The molecular weight excluding hydrogens is 332 g/mol. The van der Waals surface area contributed by atoms with Crippen LogP contribution in [-0.2, 0) is 14.6 Å². The lowest BCUT2D eigenvalue weighted by atomic mass is 10.1. The van der Waals surface area contributed by atoms with Crippen LogP contribution in [0.15, 0.2) is 23.3 Å². The van der Waals surface area contributed by atoms with Gasteiger partial charge < -0.3 is 9.47 Å². The summed E-state index contributed by atoms with van der Waals surface area (Å²) in [4.78, 5) is 11.9. The van der Waals surface area contributed by atoms with Crippen molar-refractivity contribution in [2.24, 2.45) is 11.0 Å². The van der Waals surface area contributed by atoms with Gasteiger partial charge in [-0.25, -0.2) is 13.8 Å². The summed E-state index contributed by atoms with van der Waals surface area (Å²) < 4.78 is 33.8. The number of fused-ring (bicyclic) bond motifs is 1. The van der Waals surface area contributed by atoms with Gasteiger partial charge in [0.2, 0.25) is 5.91 Å². The Labute approximate surface area is 140 Å². The predicted molar refractivity (Wildman–Crippen MR) is 89.2 cm³/mol. The number of carbonyl (C=O) groups is 1. The summed E-state index contributed by atoms with van der Waals surface area (Å²) in [5.74, 6) is 1.24. The number of ether oxygens (including phenoxy) is 2. The molecule has 0 unspecified atom stereocenters. The first-order valence-corrected chi connectivity index (χ1v) is 9.69. The van der Waals surface area contributed by atoms with Crippen molar-refractivity contribution in [3.63, 3.8) is 0 Å². The Morgan fingerprint density at radius 3 is 2.75 bits per heavy atom. The monoisotopic (exact) mass is 352 g/mol. The second kappa shape index (κ2) is 6.80. The molecule has 24 heavy (non-hydrogen) atoms. The summed E-state index contributed by atoms with van der Waals surface area (Å²) in [5.41, 5.74) is 3.96. The number of hydrogen-bond donors (Lipinski definition) is 1. The largest absolute Gasteiger partial charge is 0.486 e. The van der Waals surface area contributed by atoms with Crippen molar-refractivity contribution in [1.29, 1.82) is 0 Å². The molecule has 0 radical (unpaired) electrons. The highest BCUT2D eigenvalue weighted by molar-refractivity contribution is 7.91. The third-order valence-electron chi connectivity index (χ3n) is 4.11. The van der Waals surface area contributed by atoms with Crippen LogP contribution in [0.2, 0.25) is 0 Å². The summed E-state index contributed by atoms with van der Waals surface area (Å²) >= 11 is 0. The van der Waals surface area contributed by atoms with Crippen molar-refractivity contribution >= 4 is 21.5 Å². The SMILES string of the molecule is C/C(=N/NC(=O)C[C@@H]1CCS(=O)(=O)C1)c1ccc2c(c1)OCCO2. The van der Waals surface area contributed by atoms with Crippen LogP contribution in [0.5, 0.6) is 11.5 Å². The van der Waals surface area contributed by atoms with Crippen molar-refractivity contribution < 1.29 is 22.7 Å². The van der Waals surface area contributed by atoms with E-state index in [1.165, 1.54) is 0 Å². The van der Waals surface area contributed by atoms with Gasteiger partial charge in [-0.2, -0.15) is 5.10 Å². The first-order chi connectivity index (χ1) is 11.4. The second-order valence-corrected chi connectivity index (χ2v) is 8.29. The molecule has 1 atom stereocenters. The number of rotatable bonds is 4. The number of hydrogen-bond acceptors (Lipinski definition) is 6. The lowest BCUT2D eigenvalue weighted by Gasteiger charge is -2.18. The maximum absolute atomic E-state index is 11.9. The fraction of sp³-hybridized carbons (Fsp3) is 0.500. The van der Waals surface area contributed by atoms with Gasteiger partial charge in [-0.15, -0.1) is 0 Å². The summed E-state index contributed by atoms with van der Waals surface area (Å²) in [5, 5.41) is 4.09. The molecule has 1 fully saturated rings. The van der Waals surface area contributed by atoms with Gasteiger partial charge in [0, 0.05) is 12.0 Å². The van der Waals surface area contributed by atoms with Crippen molar-refractivity contribution in [1.82, 2.24) is 5.43 Å². The zero-order valence-corrected chi connectivity index (χ0v) is 14.3. The van der Waals surface area contributed by atoms with Crippen LogP contribution in [0.4, 0.5) is 0 Å². The van der Waals surface area contributed by atoms with E-state index in [1.54, 1.807) is 6.92 Å². The Balaban J connectivity index is 1.59. The van der Waals surface area contributed by atoms with E-state index in [0.29, 0.717) is 36.8 Å². The number of benzene rings is 1. The zero-order valence-electron chi connectivity index (χ0n) is 13.4. The van der Waals surface area contributed by atoms with Crippen molar-refractivity contribution in [3.05, 3.63) is 23.8 Å². The Morgan fingerprint density at radius 1 is 1.29 bits per heavy atom. The first kappa shape index (κ1) is 16.8. The minimum atomic E-state index is -2.97. The molecule has 2 heterocycles. The summed E-state index contributed by atoms with van der Waals surface area (Å²) in [6.07, 6.45) is 0.720. The van der Waals surface area contributed by atoms with Gasteiger partial charge in [0.15, 0.2) is 21.3 Å². The third-order valence-corrected chi connectivity index (χ3v) is 5.95. The highest BCUT2D eigenvalue weighted by Gasteiger charge is 2.29. The Kier molecular flexibility index (Phi) is 4.75. The Morgan fingerprint density at radius 2 is 2.04 bits per heavy atom. The van der Waals surface area contributed by atoms with Crippen molar-refractivity contribution in [2.45, 2.75) is 19.8 Å². The molecule has 0 aliphatic carbocycles. The van der Waals surface area contributed by atoms with Gasteiger partial charge >= 0.3 is 0 Å². The second-order valence-electron chi connectivity index (χ2n) is 6.06. The van der Waals surface area contributed by atoms with Crippen molar-refractivity contribution in [3.8, 4) is 11.5 Å². The topological polar surface area (TPSA) is 94.1 Å². The molecule has 1 N–H and O–H groups in total. The number of hydrazone groups is 1. The van der Waals surface area contributed by atoms with E-state index in [0.717, 1.165) is 5.56 Å². The number of sulfone groups is 1. The molecule has 1 saturated heterocycles. The van der Waals surface area contributed by atoms with Gasteiger partial charge in [-0.1, -0.05) is 0 Å². The van der Waals surface area contributed by atoms with Crippen LogP contribution < -0.4 is 14.9 Å². The number of amides is 1. The molecule has 3 rings (SSSR count). The summed E-state index contributed by atoms with van der Waals surface area (Å²) in [6.45, 7) is 2.83. The molecule has 0 saturated carbocycles. The zero-order chi connectivity index (χ0) is 17.2. The molecule has 8 heteroatoms. The lowest BCUT2D eigenvalue weighted by molar-refractivity contribution is -0.121. The predicted octanol–water partition coefficient (Wildman–Crippen LogP) is 1.12. The van der Waals surface area contributed by atoms with Crippen LogP contribution in [0.25, 0.3) is 0 Å². The average molecular weight is 352 g/mol. The van der Waals surface area contributed by atoms with E-state index >= 15 is 0 Å². The molecule has 1 aromatic rings. The molecule has 1 amide bonds. The molecule has 0 aromatic heterocycles. The normalized spacial score (nSPS) is 22.2.